The molecule has 106 valence electrons. The number of benzene rings is 1. The Morgan fingerprint density at radius 2 is 2.10 bits per heavy atom. The Kier molecular flexibility index (Phi) is 4.57. The SMILES string of the molecule is CCOC(=O)c1sc(=S)n(-c2ccccc2CC)c1N. The molecule has 0 radical (unpaired) electrons. The molecule has 2 rings (SSSR count). The Morgan fingerprint density at radius 3 is 2.75 bits per heavy atom. The molecule has 2 N–H and O–H groups in total. The van der Waals surface area contributed by atoms with Gasteiger partial charge in [-0.2, -0.15) is 0 Å². The number of nitrogens with zero attached hydrogens (tertiary/aromatic N) is 1. The second kappa shape index (κ2) is 6.19. The molecule has 0 atom stereocenters. The lowest BCUT2D eigenvalue weighted by Gasteiger charge is -2.10. The molecule has 20 heavy (non-hydrogen) atoms. The Labute approximate surface area is 126 Å². The molecular weight excluding hydrogens is 292 g/mol. The lowest BCUT2D eigenvalue weighted by Crippen LogP contribution is -2.09. The lowest BCUT2D eigenvalue weighted by molar-refractivity contribution is 0.0533. The summed E-state index contributed by atoms with van der Waals surface area (Å²) in [5.74, 6) is -0.0758. The zero-order valence-electron chi connectivity index (χ0n) is 11.4. The third kappa shape index (κ3) is 2.62. The van der Waals surface area contributed by atoms with Gasteiger partial charge in [-0.25, -0.2) is 4.79 Å². The van der Waals surface area contributed by atoms with Crippen molar-refractivity contribution in [3.63, 3.8) is 0 Å². The van der Waals surface area contributed by atoms with E-state index >= 15 is 0 Å². The zero-order valence-corrected chi connectivity index (χ0v) is 13.0. The minimum Gasteiger partial charge on any atom is -0.462 e. The van der Waals surface area contributed by atoms with Gasteiger partial charge >= 0.3 is 5.97 Å². The van der Waals surface area contributed by atoms with Crippen LogP contribution in [0.5, 0.6) is 0 Å². The van der Waals surface area contributed by atoms with Crippen LogP contribution in [0.1, 0.15) is 29.1 Å². The summed E-state index contributed by atoms with van der Waals surface area (Å²) in [7, 11) is 0. The number of carbonyl (C=O) groups is 1. The van der Waals surface area contributed by atoms with Gasteiger partial charge in [0.15, 0.2) is 8.83 Å². The number of ether oxygens (including phenoxy) is 1. The number of aryl methyl sites for hydroxylation is 1. The van der Waals surface area contributed by atoms with E-state index in [2.05, 4.69) is 6.92 Å². The van der Waals surface area contributed by atoms with E-state index in [-0.39, 0.29) is 0 Å². The second-order valence-corrected chi connectivity index (χ2v) is 5.76. The Morgan fingerprint density at radius 1 is 1.40 bits per heavy atom. The first-order valence-electron chi connectivity index (χ1n) is 6.36. The van der Waals surface area contributed by atoms with Gasteiger partial charge in [-0.15, -0.1) is 0 Å². The first-order valence-corrected chi connectivity index (χ1v) is 7.59. The Balaban J connectivity index is 2.59. The number of hydrogen-bond donors (Lipinski definition) is 1. The number of para-hydroxylation sites is 1. The van der Waals surface area contributed by atoms with Gasteiger partial charge in [-0.3, -0.25) is 4.57 Å². The molecule has 2 aromatic rings. The number of hydrogen-bond acceptors (Lipinski definition) is 5. The Hall–Kier alpha value is -1.66. The number of rotatable bonds is 4. The van der Waals surface area contributed by atoms with Crippen LogP contribution in [-0.4, -0.2) is 17.1 Å². The second-order valence-electron chi connectivity index (χ2n) is 4.12. The topological polar surface area (TPSA) is 57.2 Å². The van der Waals surface area contributed by atoms with Crippen molar-refractivity contribution in [1.82, 2.24) is 4.57 Å². The Bertz CT molecular complexity index is 689. The van der Waals surface area contributed by atoms with Gasteiger partial charge in [0.05, 0.1) is 12.3 Å². The summed E-state index contributed by atoms with van der Waals surface area (Å²) in [6, 6.07) is 7.88. The van der Waals surface area contributed by atoms with Crippen molar-refractivity contribution < 1.29 is 9.53 Å². The summed E-state index contributed by atoms with van der Waals surface area (Å²) < 4.78 is 7.29. The monoisotopic (exact) mass is 308 g/mol. The van der Waals surface area contributed by atoms with Crippen molar-refractivity contribution in [2.24, 2.45) is 0 Å². The van der Waals surface area contributed by atoms with Crippen molar-refractivity contribution in [1.29, 1.82) is 0 Å². The average molecular weight is 308 g/mol. The zero-order chi connectivity index (χ0) is 14.7. The molecule has 6 heteroatoms. The van der Waals surface area contributed by atoms with Crippen molar-refractivity contribution in [3.8, 4) is 5.69 Å². The molecule has 0 amide bonds. The number of carbonyl (C=O) groups excluding carboxylic acids is 1. The summed E-state index contributed by atoms with van der Waals surface area (Å²) in [5.41, 5.74) is 8.15. The molecule has 1 aromatic carbocycles. The van der Waals surface area contributed by atoms with Crippen LogP contribution in [-0.2, 0) is 11.2 Å². The molecule has 0 unspecified atom stereocenters. The van der Waals surface area contributed by atoms with E-state index in [1.54, 1.807) is 11.5 Å². The third-order valence-corrected chi connectivity index (χ3v) is 4.29. The maximum Gasteiger partial charge on any atom is 0.352 e. The predicted molar refractivity (Wildman–Crippen MR) is 84.2 cm³/mol. The quantitative estimate of drug-likeness (QED) is 0.692. The molecule has 0 bridgehead atoms. The molecule has 0 saturated heterocycles. The van der Waals surface area contributed by atoms with Crippen molar-refractivity contribution in [2.75, 3.05) is 12.3 Å². The largest absolute Gasteiger partial charge is 0.462 e. The fourth-order valence-corrected chi connectivity index (χ4v) is 3.23. The van der Waals surface area contributed by atoms with Gasteiger partial charge in [0.2, 0.25) is 0 Å². The third-order valence-electron chi connectivity index (χ3n) is 2.92. The molecule has 0 aliphatic heterocycles. The number of thiazole rings is 1. The fourth-order valence-electron chi connectivity index (χ4n) is 1.98. The van der Waals surface area contributed by atoms with E-state index in [1.807, 2.05) is 24.3 Å². The van der Waals surface area contributed by atoms with Crippen molar-refractivity contribution in [2.45, 2.75) is 20.3 Å². The minimum atomic E-state index is -0.422. The van der Waals surface area contributed by atoms with Crippen LogP contribution in [0, 0.1) is 3.95 Å². The average Bonchev–Trinajstić information content (AvgIpc) is 2.74. The highest BCUT2D eigenvalue weighted by atomic mass is 32.1. The molecule has 0 spiro atoms. The van der Waals surface area contributed by atoms with E-state index in [9.17, 15) is 4.79 Å². The predicted octanol–water partition coefficient (Wildman–Crippen LogP) is 3.59. The van der Waals surface area contributed by atoms with Crippen molar-refractivity contribution >= 4 is 35.3 Å². The molecule has 1 heterocycles. The van der Waals surface area contributed by atoms with Gasteiger partial charge in [-0.05, 0) is 37.2 Å². The van der Waals surface area contributed by atoms with Crippen LogP contribution in [0.4, 0.5) is 5.82 Å². The first kappa shape index (κ1) is 14.7. The minimum absolute atomic E-state index is 0.314. The summed E-state index contributed by atoms with van der Waals surface area (Å²) in [4.78, 5) is 12.2. The summed E-state index contributed by atoms with van der Waals surface area (Å²) >= 11 is 6.53. The highest BCUT2D eigenvalue weighted by molar-refractivity contribution is 7.73. The molecule has 0 aliphatic rings. The molecule has 0 saturated carbocycles. The first-order chi connectivity index (χ1) is 9.60. The van der Waals surface area contributed by atoms with Crippen LogP contribution >= 0.6 is 23.6 Å². The number of anilines is 1. The van der Waals surface area contributed by atoms with Gasteiger partial charge in [0.25, 0.3) is 0 Å². The molecule has 4 nitrogen and oxygen atoms in total. The van der Waals surface area contributed by atoms with E-state index < -0.39 is 5.97 Å². The summed E-state index contributed by atoms with van der Waals surface area (Å²) in [6.07, 6.45) is 0.863. The smallest absolute Gasteiger partial charge is 0.352 e. The number of esters is 1. The number of aromatic nitrogens is 1. The van der Waals surface area contributed by atoms with Crippen LogP contribution < -0.4 is 5.73 Å². The number of nitrogens with two attached hydrogens (primary N) is 1. The van der Waals surface area contributed by atoms with Gasteiger partial charge in [0, 0.05) is 0 Å². The molecule has 1 aromatic heterocycles. The number of nitrogen functional groups attached to an aromatic ring is 1. The van der Waals surface area contributed by atoms with E-state index in [1.165, 1.54) is 11.3 Å². The highest BCUT2D eigenvalue weighted by Gasteiger charge is 2.19. The van der Waals surface area contributed by atoms with Gasteiger partial charge in [0.1, 0.15) is 5.82 Å². The maximum atomic E-state index is 11.9. The lowest BCUT2D eigenvalue weighted by atomic mass is 10.1. The maximum absolute atomic E-state index is 11.9. The summed E-state index contributed by atoms with van der Waals surface area (Å²) in [5, 5.41) is 0. The van der Waals surface area contributed by atoms with Crippen LogP contribution in [0.2, 0.25) is 0 Å². The van der Waals surface area contributed by atoms with Crippen LogP contribution in [0.15, 0.2) is 24.3 Å². The normalized spacial score (nSPS) is 10.5. The molecule has 0 fully saturated rings. The van der Waals surface area contributed by atoms with E-state index in [0.717, 1.165) is 17.7 Å². The van der Waals surface area contributed by atoms with E-state index in [4.69, 9.17) is 22.7 Å². The van der Waals surface area contributed by atoms with E-state index in [0.29, 0.717) is 21.3 Å². The van der Waals surface area contributed by atoms with Crippen molar-refractivity contribution in [3.05, 3.63) is 38.7 Å². The van der Waals surface area contributed by atoms with Crippen LogP contribution in [0.25, 0.3) is 5.69 Å². The standard InChI is InChI=1S/C14H16N2O2S2/c1-3-9-7-5-6-8-10(9)16-12(15)11(20-14(16)19)13(17)18-4-2/h5-8H,3-4,15H2,1-2H3. The molecular formula is C14H16N2O2S2. The van der Waals surface area contributed by atoms with Gasteiger partial charge < -0.3 is 10.5 Å². The highest BCUT2D eigenvalue weighted by Crippen LogP contribution is 2.28. The summed E-state index contributed by atoms with van der Waals surface area (Å²) in [6.45, 7) is 4.14. The fraction of sp³-hybridized carbons (Fsp3) is 0.286. The van der Waals surface area contributed by atoms with Crippen LogP contribution in [0.3, 0.4) is 0 Å². The molecule has 0 aliphatic carbocycles. The van der Waals surface area contributed by atoms with Gasteiger partial charge in [-0.1, -0.05) is 36.5 Å².